The molecule has 0 atom stereocenters. The number of rotatable bonds is 3. The lowest BCUT2D eigenvalue weighted by atomic mass is 10.1. The number of ether oxygens (including phenoxy) is 1. The molecule has 2 aromatic carbocycles. The number of hydrogen-bond donors (Lipinski definition) is 0. The first kappa shape index (κ1) is 14.4. The Morgan fingerprint density at radius 2 is 1.77 bits per heavy atom. The lowest BCUT2D eigenvalue weighted by Gasteiger charge is -2.12. The molecule has 0 saturated carbocycles. The average Bonchev–Trinajstić information content (AvgIpc) is 2.52. The van der Waals surface area contributed by atoms with Gasteiger partial charge in [-0.25, -0.2) is 4.98 Å². The molecule has 22 heavy (non-hydrogen) atoms. The lowest BCUT2D eigenvalue weighted by Crippen LogP contribution is -2.10. The highest BCUT2D eigenvalue weighted by Crippen LogP contribution is 2.31. The molecule has 0 amide bonds. The molecule has 0 saturated heterocycles. The minimum Gasteiger partial charge on any atom is -0.489 e. The summed E-state index contributed by atoms with van der Waals surface area (Å²) in [5.74, 6) is 0.577. The molecule has 0 unspecified atom stereocenters. The van der Waals surface area contributed by atoms with Crippen LogP contribution in [0.1, 0.15) is 11.3 Å². The molecule has 0 bridgehead atoms. The number of benzene rings is 2. The van der Waals surface area contributed by atoms with Crippen molar-refractivity contribution in [2.75, 3.05) is 0 Å². The van der Waals surface area contributed by atoms with Crippen LogP contribution in [0, 0.1) is 6.07 Å². The van der Waals surface area contributed by atoms with E-state index >= 15 is 0 Å². The van der Waals surface area contributed by atoms with Crippen LogP contribution in [-0.2, 0) is 12.8 Å². The number of hydrogen-bond acceptors (Lipinski definition) is 2. The van der Waals surface area contributed by atoms with Gasteiger partial charge in [0.05, 0.1) is 5.52 Å². The molecule has 0 aliphatic heterocycles. The lowest BCUT2D eigenvalue weighted by molar-refractivity contribution is -0.141. The Hall–Kier alpha value is -2.56. The quantitative estimate of drug-likeness (QED) is 0.703. The van der Waals surface area contributed by atoms with Gasteiger partial charge in [0.1, 0.15) is 18.1 Å². The maximum absolute atomic E-state index is 13.0. The number of alkyl halides is 3. The van der Waals surface area contributed by atoms with Crippen LogP contribution in [0.2, 0.25) is 0 Å². The van der Waals surface area contributed by atoms with Crippen molar-refractivity contribution in [1.82, 2.24) is 4.98 Å². The number of halogens is 3. The van der Waals surface area contributed by atoms with Gasteiger partial charge in [-0.05, 0) is 30.3 Å². The molecule has 0 fully saturated rings. The number of pyridine rings is 1. The Kier molecular flexibility index (Phi) is 3.71. The summed E-state index contributed by atoms with van der Waals surface area (Å²) in [6.45, 7) is 0.0378. The van der Waals surface area contributed by atoms with Crippen molar-refractivity contribution in [2.24, 2.45) is 0 Å². The fraction of sp³-hybridized carbons (Fsp3) is 0.118. The molecular formula is C17H11F3NO. The van der Waals surface area contributed by atoms with Gasteiger partial charge in [0, 0.05) is 10.9 Å². The van der Waals surface area contributed by atoms with Gasteiger partial charge in [-0.3, -0.25) is 0 Å². The van der Waals surface area contributed by atoms with Gasteiger partial charge in [-0.2, -0.15) is 13.2 Å². The third-order valence-electron chi connectivity index (χ3n) is 3.17. The maximum atomic E-state index is 13.0. The summed E-state index contributed by atoms with van der Waals surface area (Å²) >= 11 is 0. The fourth-order valence-corrected chi connectivity index (χ4v) is 2.14. The van der Waals surface area contributed by atoms with E-state index in [1.165, 1.54) is 0 Å². The maximum Gasteiger partial charge on any atom is 0.433 e. The molecule has 0 aliphatic rings. The van der Waals surface area contributed by atoms with Crippen molar-refractivity contribution in [3.63, 3.8) is 0 Å². The minimum atomic E-state index is -4.49. The van der Waals surface area contributed by atoms with E-state index in [0.29, 0.717) is 22.2 Å². The van der Waals surface area contributed by atoms with E-state index in [9.17, 15) is 13.2 Å². The Morgan fingerprint density at radius 1 is 1.05 bits per heavy atom. The monoisotopic (exact) mass is 302 g/mol. The van der Waals surface area contributed by atoms with Crippen molar-refractivity contribution in [3.05, 3.63) is 71.9 Å². The van der Waals surface area contributed by atoms with E-state index in [-0.39, 0.29) is 6.61 Å². The minimum absolute atomic E-state index is 0.0378. The van der Waals surface area contributed by atoms with Crippen LogP contribution in [0.3, 0.4) is 0 Å². The van der Waals surface area contributed by atoms with E-state index < -0.39 is 11.9 Å². The Labute approximate surface area is 125 Å². The molecule has 5 heteroatoms. The van der Waals surface area contributed by atoms with Gasteiger partial charge < -0.3 is 4.74 Å². The molecule has 0 N–H and O–H groups in total. The summed E-state index contributed by atoms with van der Waals surface area (Å²) in [7, 11) is 0. The van der Waals surface area contributed by atoms with Crippen molar-refractivity contribution in [1.29, 1.82) is 0 Å². The predicted molar refractivity (Wildman–Crippen MR) is 76.4 cm³/mol. The van der Waals surface area contributed by atoms with E-state index in [0.717, 1.165) is 6.07 Å². The van der Waals surface area contributed by atoms with E-state index in [2.05, 4.69) is 11.1 Å². The summed E-state index contributed by atoms with van der Waals surface area (Å²) in [6, 6.07) is 17.4. The van der Waals surface area contributed by atoms with Gasteiger partial charge in [0.15, 0.2) is 0 Å². The second-order valence-corrected chi connectivity index (χ2v) is 4.71. The largest absolute Gasteiger partial charge is 0.489 e. The Morgan fingerprint density at radius 3 is 2.50 bits per heavy atom. The normalized spacial score (nSPS) is 11.6. The number of nitrogens with zero attached hydrogens (tertiary/aromatic N) is 1. The second-order valence-electron chi connectivity index (χ2n) is 4.71. The average molecular weight is 302 g/mol. The smallest absolute Gasteiger partial charge is 0.433 e. The van der Waals surface area contributed by atoms with Gasteiger partial charge in [-0.15, -0.1) is 0 Å². The highest BCUT2D eigenvalue weighted by Gasteiger charge is 2.33. The molecule has 2 nitrogen and oxygen atoms in total. The van der Waals surface area contributed by atoms with E-state index in [1.807, 2.05) is 0 Å². The summed E-state index contributed by atoms with van der Waals surface area (Å²) in [5.41, 5.74) is -0.158. The van der Waals surface area contributed by atoms with Crippen molar-refractivity contribution < 1.29 is 17.9 Å². The van der Waals surface area contributed by atoms with Crippen LogP contribution in [0.25, 0.3) is 10.9 Å². The number of para-hydroxylation sites is 1. The van der Waals surface area contributed by atoms with Gasteiger partial charge in [0.25, 0.3) is 0 Å². The third-order valence-corrected chi connectivity index (χ3v) is 3.17. The fourth-order valence-electron chi connectivity index (χ4n) is 2.14. The van der Waals surface area contributed by atoms with Crippen LogP contribution >= 0.6 is 0 Å². The summed E-state index contributed by atoms with van der Waals surface area (Å²) in [6.07, 6.45) is -4.49. The van der Waals surface area contributed by atoms with Crippen molar-refractivity contribution in [2.45, 2.75) is 12.8 Å². The summed E-state index contributed by atoms with van der Waals surface area (Å²) < 4.78 is 44.4. The molecule has 1 radical (unpaired) electrons. The van der Waals surface area contributed by atoms with Crippen LogP contribution in [0.15, 0.2) is 54.6 Å². The standard InChI is InChI=1S/C17H11F3NO/c18-17(19,20)16-10-12(11-22-13-6-2-1-3-7-13)14-8-4-5-9-15(14)21-16/h2-10H,11H2. The first-order valence-electron chi connectivity index (χ1n) is 6.59. The van der Waals surface area contributed by atoms with Crippen LogP contribution in [0.4, 0.5) is 13.2 Å². The van der Waals surface area contributed by atoms with E-state index in [4.69, 9.17) is 4.74 Å². The molecule has 1 heterocycles. The van der Waals surface area contributed by atoms with Gasteiger partial charge >= 0.3 is 6.18 Å². The first-order valence-corrected chi connectivity index (χ1v) is 6.59. The zero-order chi connectivity index (χ0) is 15.6. The second kappa shape index (κ2) is 5.67. The zero-order valence-electron chi connectivity index (χ0n) is 11.4. The molecule has 111 valence electrons. The van der Waals surface area contributed by atoms with Crippen LogP contribution < -0.4 is 4.74 Å². The topological polar surface area (TPSA) is 22.1 Å². The molecule has 3 rings (SSSR count). The molecule has 1 aromatic heterocycles. The summed E-state index contributed by atoms with van der Waals surface area (Å²) in [4.78, 5) is 3.68. The van der Waals surface area contributed by atoms with Gasteiger partial charge in [0.2, 0.25) is 0 Å². The van der Waals surface area contributed by atoms with Crippen LogP contribution in [0.5, 0.6) is 5.75 Å². The molecule has 0 spiro atoms. The first-order chi connectivity index (χ1) is 10.5. The van der Waals surface area contributed by atoms with Crippen molar-refractivity contribution >= 4 is 10.9 Å². The van der Waals surface area contributed by atoms with E-state index in [1.54, 1.807) is 48.5 Å². The zero-order valence-corrected chi connectivity index (χ0v) is 11.4. The Balaban J connectivity index is 1.99. The Bertz CT molecular complexity index is 785. The number of aromatic nitrogens is 1. The molecular weight excluding hydrogens is 291 g/mol. The highest BCUT2D eigenvalue weighted by atomic mass is 19.4. The molecule has 3 aromatic rings. The van der Waals surface area contributed by atoms with Crippen LogP contribution in [-0.4, -0.2) is 4.98 Å². The number of fused-ring (bicyclic) bond motifs is 1. The van der Waals surface area contributed by atoms with Gasteiger partial charge in [-0.1, -0.05) is 30.3 Å². The SMILES string of the molecule is FC(F)(F)c1cc(COc2cc[c]cc2)c2ccccc2n1. The molecule has 0 aliphatic carbocycles. The summed E-state index contributed by atoms with van der Waals surface area (Å²) in [5, 5.41) is 0.651. The van der Waals surface area contributed by atoms with Crippen molar-refractivity contribution in [3.8, 4) is 5.75 Å². The highest BCUT2D eigenvalue weighted by molar-refractivity contribution is 5.82. The predicted octanol–water partition coefficient (Wildman–Crippen LogP) is 4.63. The third kappa shape index (κ3) is 3.03.